The fraction of sp³-hybridized carbons (Fsp3) is 1.00. The van der Waals surface area contributed by atoms with Crippen LogP contribution in [-0.4, -0.2) is 26.7 Å². The van der Waals surface area contributed by atoms with Gasteiger partial charge in [-0.2, -0.15) is 0 Å². The van der Waals surface area contributed by atoms with Gasteiger partial charge < -0.3 is 10.6 Å². The second-order valence-electron chi connectivity index (χ2n) is 3.62. The number of nitrogens with one attached hydrogen (secondary N) is 2. The first-order valence-corrected chi connectivity index (χ1v) is 4.70. The molecule has 2 nitrogen and oxygen atoms in total. The van der Waals surface area contributed by atoms with Crippen LogP contribution in [-0.2, 0) is 0 Å². The Hall–Kier alpha value is -0.0800. The first kappa shape index (κ1) is 9.01. The number of rotatable bonds is 6. The highest BCUT2D eigenvalue weighted by Crippen LogP contribution is 2.35. The Morgan fingerprint density at radius 2 is 2.09 bits per heavy atom. The van der Waals surface area contributed by atoms with Crippen molar-refractivity contribution in [1.29, 1.82) is 0 Å². The van der Waals surface area contributed by atoms with E-state index in [2.05, 4.69) is 17.6 Å². The van der Waals surface area contributed by atoms with Crippen molar-refractivity contribution in [2.24, 2.45) is 11.8 Å². The summed E-state index contributed by atoms with van der Waals surface area (Å²) in [7, 11) is 1.99. The van der Waals surface area contributed by atoms with E-state index in [4.69, 9.17) is 0 Å². The minimum Gasteiger partial charge on any atom is -0.318 e. The maximum Gasteiger partial charge on any atom is 0.00767 e. The molecular weight excluding hydrogens is 136 g/mol. The summed E-state index contributed by atoms with van der Waals surface area (Å²) in [4.78, 5) is 0. The van der Waals surface area contributed by atoms with Gasteiger partial charge in [0.15, 0.2) is 0 Å². The maximum absolute atomic E-state index is 3.44. The molecule has 1 rings (SSSR count). The number of hydrogen-bond donors (Lipinski definition) is 2. The van der Waals surface area contributed by atoms with E-state index in [-0.39, 0.29) is 0 Å². The Labute approximate surface area is 69.8 Å². The summed E-state index contributed by atoms with van der Waals surface area (Å²) < 4.78 is 0. The van der Waals surface area contributed by atoms with Gasteiger partial charge in [-0.15, -0.1) is 0 Å². The molecule has 0 radical (unpaired) electrons. The van der Waals surface area contributed by atoms with Crippen LogP contribution in [0.1, 0.15) is 19.8 Å². The van der Waals surface area contributed by atoms with Crippen molar-refractivity contribution >= 4 is 0 Å². The normalized spacial score (nSPS) is 20.2. The van der Waals surface area contributed by atoms with Crippen molar-refractivity contribution in [1.82, 2.24) is 10.6 Å². The topological polar surface area (TPSA) is 24.1 Å². The largest absolute Gasteiger partial charge is 0.318 e. The van der Waals surface area contributed by atoms with Crippen LogP contribution in [0.3, 0.4) is 0 Å². The molecule has 0 aromatic rings. The Bertz CT molecular complexity index is 99.7. The highest BCUT2D eigenvalue weighted by atomic mass is 14.9. The predicted molar refractivity (Wildman–Crippen MR) is 48.7 cm³/mol. The lowest BCUT2D eigenvalue weighted by atomic mass is 10.1. The quantitative estimate of drug-likeness (QED) is 0.557. The summed E-state index contributed by atoms with van der Waals surface area (Å²) in [6, 6.07) is 0. The zero-order chi connectivity index (χ0) is 8.10. The Balaban J connectivity index is 1.85. The third-order valence-corrected chi connectivity index (χ3v) is 2.44. The lowest BCUT2D eigenvalue weighted by molar-refractivity contribution is 0.461. The van der Waals surface area contributed by atoms with Gasteiger partial charge >= 0.3 is 0 Å². The van der Waals surface area contributed by atoms with E-state index in [1.807, 2.05) is 7.05 Å². The van der Waals surface area contributed by atoms with E-state index in [0.717, 1.165) is 24.9 Å². The molecular formula is C9H20N2. The SMILES string of the molecule is CNCCNCC(C)C1CC1. The zero-order valence-electron chi connectivity index (χ0n) is 7.69. The smallest absolute Gasteiger partial charge is 0.00767 e. The van der Waals surface area contributed by atoms with Gasteiger partial charge in [-0.1, -0.05) is 6.92 Å². The maximum atomic E-state index is 3.44. The van der Waals surface area contributed by atoms with Gasteiger partial charge in [-0.25, -0.2) is 0 Å². The molecule has 2 heteroatoms. The molecule has 0 spiro atoms. The summed E-state index contributed by atoms with van der Waals surface area (Å²) in [6.45, 7) is 5.74. The fourth-order valence-electron chi connectivity index (χ4n) is 1.38. The van der Waals surface area contributed by atoms with Gasteiger partial charge in [-0.3, -0.25) is 0 Å². The first-order valence-electron chi connectivity index (χ1n) is 4.70. The first-order chi connectivity index (χ1) is 5.34. The standard InChI is InChI=1S/C9H20N2/c1-8(9-3-4-9)7-11-6-5-10-2/h8-11H,3-7H2,1-2H3. The van der Waals surface area contributed by atoms with Gasteiger partial charge in [0.05, 0.1) is 0 Å². The third kappa shape index (κ3) is 3.73. The van der Waals surface area contributed by atoms with E-state index < -0.39 is 0 Å². The molecule has 1 atom stereocenters. The molecule has 2 N–H and O–H groups in total. The minimum absolute atomic E-state index is 0.895. The van der Waals surface area contributed by atoms with Crippen LogP contribution in [0.15, 0.2) is 0 Å². The van der Waals surface area contributed by atoms with Crippen LogP contribution >= 0.6 is 0 Å². The number of likely N-dealkylation sites (N-methyl/N-ethyl adjacent to an activating group) is 1. The van der Waals surface area contributed by atoms with Crippen LogP contribution < -0.4 is 10.6 Å². The lowest BCUT2D eigenvalue weighted by Gasteiger charge is -2.10. The summed E-state index contributed by atoms with van der Waals surface area (Å²) in [5, 5.41) is 6.57. The molecule has 66 valence electrons. The molecule has 0 aromatic carbocycles. The highest BCUT2D eigenvalue weighted by Gasteiger charge is 2.26. The Morgan fingerprint density at radius 1 is 1.36 bits per heavy atom. The van der Waals surface area contributed by atoms with Crippen molar-refractivity contribution in [2.45, 2.75) is 19.8 Å². The van der Waals surface area contributed by atoms with Crippen molar-refractivity contribution < 1.29 is 0 Å². The molecule has 11 heavy (non-hydrogen) atoms. The lowest BCUT2D eigenvalue weighted by Crippen LogP contribution is -2.29. The second-order valence-corrected chi connectivity index (χ2v) is 3.62. The average Bonchev–Trinajstić information content (AvgIpc) is 2.79. The fourth-order valence-corrected chi connectivity index (χ4v) is 1.38. The molecule has 0 heterocycles. The van der Waals surface area contributed by atoms with Crippen LogP contribution in [0.2, 0.25) is 0 Å². The molecule has 1 unspecified atom stereocenters. The van der Waals surface area contributed by atoms with E-state index in [0.29, 0.717) is 0 Å². The molecule has 1 aliphatic rings. The van der Waals surface area contributed by atoms with Gasteiger partial charge in [0, 0.05) is 13.1 Å². The number of hydrogen-bond acceptors (Lipinski definition) is 2. The molecule has 0 saturated heterocycles. The molecule has 1 fully saturated rings. The molecule has 1 saturated carbocycles. The van der Waals surface area contributed by atoms with Gasteiger partial charge in [0.2, 0.25) is 0 Å². The van der Waals surface area contributed by atoms with Crippen molar-refractivity contribution in [3.8, 4) is 0 Å². The Kier molecular flexibility index (Phi) is 3.87. The van der Waals surface area contributed by atoms with Crippen LogP contribution in [0, 0.1) is 11.8 Å². The average molecular weight is 156 g/mol. The summed E-state index contributed by atoms with van der Waals surface area (Å²) in [6.07, 6.45) is 2.93. The molecule has 0 aromatic heterocycles. The highest BCUT2D eigenvalue weighted by molar-refractivity contribution is 4.79. The van der Waals surface area contributed by atoms with E-state index in [9.17, 15) is 0 Å². The van der Waals surface area contributed by atoms with Crippen molar-refractivity contribution in [3.05, 3.63) is 0 Å². The zero-order valence-corrected chi connectivity index (χ0v) is 7.69. The van der Waals surface area contributed by atoms with Crippen LogP contribution in [0.5, 0.6) is 0 Å². The van der Waals surface area contributed by atoms with E-state index in [1.54, 1.807) is 0 Å². The van der Waals surface area contributed by atoms with E-state index >= 15 is 0 Å². The van der Waals surface area contributed by atoms with E-state index in [1.165, 1.54) is 19.4 Å². The van der Waals surface area contributed by atoms with Crippen molar-refractivity contribution in [3.63, 3.8) is 0 Å². The van der Waals surface area contributed by atoms with Crippen LogP contribution in [0.25, 0.3) is 0 Å². The van der Waals surface area contributed by atoms with Crippen molar-refractivity contribution in [2.75, 3.05) is 26.7 Å². The molecule has 0 amide bonds. The van der Waals surface area contributed by atoms with Gasteiger partial charge in [0.25, 0.3) is 0 Å². The second kappa shape index (κ2) is 4.73. The monoisotopic (exact) mass is 156 g/mol. The van der Waals surface area contributed by atoms with Crippen LogP contribution in [0.4, 0.5) is 0 Å². The van der Waals surface area contributed by atoms with Gasteiger partial charge in [-0.05, 0) is 38.3 Å². The van der Waals surface area contributed by atoms with Gasteiger partial charge in [0.1, 0.15) is 0 Å². The summed E-state index contributed by atoms with van der Waals surface area (Å²) in [5.41, 5.74) is 0. The third-order valence-electron chi connectivity index (χ3n) is 2.44. The summed E-state index contributed by atoms with van der Waals surface area (Å²) in [5.74, 6) is 1.93. The minimum atomic E-state index is 0.895. The summed E-state index contributed by atoms with van der Waals surface area (Å²) >= 11 is 0. The molecule has 0 aliphatic heterocycles. The predicted octanol–water partition coefficient (Wildman–Crippen LogP) is 0.841. The molecule has 1 aliphatic carbocycles. The molecule has 0 bridgehead atoms. The Morgan fingerprint density at radius 3 is 2.64 bits per heavy atom.